The van der Waals surface area contributed by atoms with Crippen LogP contribution in [0.2, 0.25) is 10.0 Å². The molecule has 0 aliphatic carbocycles. The maximum atomic E-state index is 12.6. The van der Waals surface area contributed by atoms with Crippen LogP contribution in [0, 0.1) is 0 Å². The number of hydrogen-bond acceptors (Lipinski definition) is 7. The first kappa shape index (κ1) is 18.4. The Labute approximate surface area is 160 Å². The average Bonchev–Trinajstić information content (AvgIpc) is 3.05. The molecule has 0 saturated carbocycles. The highest BCUT2D eigenvalue weighted by atomic mass is 35.5. The van der Waals surface area contributed by atoms with Crippen molar-refractivity contribution in [2.24, 2.45) is 0 Å². The van der Waals surface area contributed by atoms with Crippen LogP contribution in [0.3, 0.4) is 0 Å². The lowest BCUT2D eigenvalue weighted by Crippen LogP contribution is -2.22. The van der Waals surface area contributed by atoms with Crippen LogP contribution in [0.4, 0.5) is 0 Å². The number of esters is 2. The van der Waals surface area contributed by atoms with Crippen LogP contribution in [-0.2, 0) is 14.3 Å². The zero-order valence-corrected chi connectivity index (χ0v) is 15.4. The number of aromatic amines is 1. The van der Waals surface area contributed by atoms with E-state index in [2.05, 4.69) is 9.97 Å². The van der Waals surface area contributed by atoms with Crippen molar-refractivity contribution >= 4 is 56.7 Å². The quantitative estimate of drug-likeness (QED) is 0.659. The third-order valence-electron chi connectivity index (χ3n) is 3.48. The third kappa shape index (κ3) is 3.44. The van der Waals surface area contributed by atoms with Crippen LogP contribution in [0.15, 0.2) is 34.7 Å². The maximum Gasteiger partial charge on any atom is 0.352 e. The van der Waals surface area contributed by atoms with E-state index in [0.29, 0.717) is 9.85 Å². The lowest BCUT2D eigenvalue weighted by Gasteiger charge is -2.17. The second kappa shape index (κ2) is 7.45. The first-order chi connectivity index (χ1) is 12.4. The van der Waals surface area contributed by atoms with Crippen molar-refractivity contribution in [1.82, 2.24) is 9.97 Å². The molecule has 1 unspecified atom stereocenters. The molecule has 2 aromatic heterocycles. The number of hydrogen-bond donors (Lipinski definition) is 1. The van der Waals surface area contributed by atoms with Gasteiger partial charge in [0.05, 0.1) is 24.4 Å². The Bertz CT molecular complexity index is 1060. The van der Waals surface area contributed by atoms with E-state index in [-0.39, 0.29) is 21.5 Å². The Morgan fingerprint density at radius 3 is 2.77 bits per heavy atom. The molecule has 3 aromatic rings. The number of carbonyl (C=O) groups excluding carboxylic acids is 2. The fourth-order valence-electron chi connectivity index (χ4n) is 2.26. The van der Waals surface area contributed by atoms with Gasteiger partial charge in [-0.25, -0.2) is 14.6 Å². The van der Waals surface area contributed by atoms with Gasteiger partial charge in [0.2, 0.25) is 6.10 Å². The molecule has 1 N–H and O–H groups in total. The van der Waals surface area contributed by atoms with Gasteiger partial charge in [0.25, 0.3) is 5.56 Å². The zero-order chi connectivity index (χ0) is 18.8. The molecule has 0 fully saturated rings. The van der Waals surface area contributed by atoms with E-state index in [0.717, 1.165) is 18.4 Å². The van der Waals surface area contributed by atoms with E-state index in [1.54, 1.807) is 0 Å². The van der Waals surface area contributed by atoms with E-state index >= 15 is 0 Å². The fourth-order valence-corrected chi connectivity index (χ4v) is 3.65. The Kier molecular flexibility index (Phi) is 5.26. The number of nitrogens with zero attached hydrogens (tertiary/aromatic N) is 1. The Balaban J connectivity index is 2.00. The van der Waals surface area contributed by atoms with E-state index in [4.69, 9.17) is 32.7 Å². The Morgan fingerprint density at radius 1 is 1.31 bits per heavy atom. The summed E-state index contributed by atoms with van der Waals surface area (Å²) in [4.78, 5) is 43.4. The summed E-state index contributed by atoms with van der Waals surface area (Å²) >= 11 is 13.1. The highest BCUT2D eigenvalue weighted by molar-refractivity contribution is 7.17. The standard InChI is InChI=1S/C16H10Cl2N2O5S/c1-24-16(23)12(8-3-2-7(17)4-10(8)18)25-15(22)9-5-26-14-11(9)13(21)19-6-20-14/h2-6,12H,1H3,(H,19,20,21). The molecule has 0 aliphatic heterocycles. The number of ether oxygens (including phenoxy) is 2. The number of carbonyl (C=O) groups is 2. The van der Waals surface area contributed by atoms with Gasteiger partial charge in [0.15, 0.2) is 0 Å². The summed E-state index contributed by atoms with van der Waals surface area (Å²) in [5.41, 5.74) is -0.275. The first-order valence-corrected chi connectivity index (χ1v) is 8.74. The van der Waals surface area contributed by atoms with Crippen LogP contribution in [0.5, 0.6) is 0 Å². The number of methoxy groups -OCH3 is 1. The van der Waals surface area contributed by atoms with Crippen LogP contribution in [0.25, 0.3) is 10.2 Å². The molecule has 3 rings (SSSR count). The highest BCUT2D eigenvalue weighted by Gasteiger charge is 2.30. The SMILES string of the molecule is COC(=O)C(OC(=O)c1csc2nc[nH]c(=O)c12)c1ccc(Cl)cc1Cl. The largest absolute Gasteiger partial charge is 0.466 e. The molecule has 0 bridgehead atoms. The second-order valence-corrected chi connectivity index (χ2v) is 6.74. The molecule has 10 heteroatoms. The van der Waals surface area contributed by atoms with Gasteiger partial charge in [-0.1, -0.05) is 29.3 Å². The number of rotatable bonds is 4. The van der Waals surface area contributed by atoms with Crippen LogP contribution in [-0.4, -0.2) is 29.0 Å². The second-order valence-electron chi connectivity index (χ2n) is 5.04. The summed E-state index contributed by atoms with van der Waals surface area (Å²) in [6, 6.07) is 4.37. The normalized spacial score (nSPS) is 12.0. The van der Waals surface area contributed by atoms with E-state index in [1.165, 1.54) is 29.9 Å². The van der Waals surface area contributed by atoms with Crippen molar-refractivity contribution in [2.75, 3.05) is 7.11 Å². The molecule has 0 radical (unpaired) electrons. The first-order valence-electron chi connectivity index (χ1n) is 7.11. The molecule has 0 spiro atoms. The summed E-state index contributed by atoms with van der Waals surface area (Å²) in [6.45, 7) is 0. The Morgan fingerprint density at radius 2 is 2.08 bits per heavy atom. The minimum atomic E-state index is -1.41. The van der Waals surface area contributed by atoms with Gasteiger partial charge in [-0.3, -0.25) is 4.79 Å². The lowest BCUT2D eigenvalue weighted by molar-refractivity contribution is -0.151. The molecular weight excluding hydrogens is 403 g/mol. The van der Waals surface area contributed by atoms with Crippen LogP contribution < -0.4 is 5.56 Å². The van der Waals surface area contributed by atoms with Gasteiger partial charge in [-0.15, -0.1) is 11.3 Å². The number of halogens is 2. The molecule has 26 heavy (non-hydrogen) atoms. The molecule has 134 valence electrons. The molecule has 0 aliphatic rings. The number of H-pyrrole nitrogens is 1. The van der Waals surface area contributed by atoms with Crippen LogP contribution >= 0.6 is 34.5 Å². The Hall–Kier alpha value is -2.42. The van der Waals surface area contributed by atoms with Gasteiger partial charge < -0.3 is 14.5 Å². The molecule has 1 aromatic carbocycles. The number of aromatic nitrogens is 2. The minimum absolute atomic E-state index is 0.00154. The minimum Gasteiger partial charge on any atom is -0.466 e. The van der Waals surface area contributed by atoms with Crippen molar-refractivity contribution in [3.8, 4) is 0 Å². The van der Waals surface area contributed by atoms with Crippen molar-refractivity contribution in [2.45, 2.75) is 6.10 Å². The van der Waals surface area contributed by atoms with Gasteiger partial charge in [0.1, 0.15) is 4.83 Å². The number of fused-ring (bicyclic) bond motifs is 1. The zero-order valence-electron chi connectivity index (χ0n) is 13.1. The maximum absolute atomic E-state index is 12.6. The number of benzene rings is 1. The molecule has 2 heterocycles. The van der Waals surface area contributed by atoms with Crippen molar-refractivity contribution in [3.05, 3.63) is 61.4 Å². The molecular formula is C16H10Cl2N2O5S. The van der Waals surface area contributed by atoms with E-state index in [1.807, 2.05) is 0 Å². The average molecular weight is 413 g/mol. The van der Waals surface area contributed by atoms with Crippen molar-refractivity contribution in [1.29, 1.82) is 0 Å². The summed E-state index contributed by atoms with van der Waals surface area (Å²) in [6.07, 6.45) is -0.177. The molecule has 0 amide bonds. The van der Waals surface area contributed by atoms with Crippen molar-refractivity contribution < 1.29 is 19.1 Å². The van der Waals surface area contributed by atoms with E-state index < -0.39 is 23.6 Å². The smallest absolute Gasteiger partial charge is 0.352 e. The molecule has 7 nitrogen and oxygen atoms in total. The monoisotopic (exact) mass is 412 g/mol. The van der Waals surface area contributed by atoms with Gasteiger partial charge in [0, 0.05) is 21.0 Å². The summed E-state index contributed by atoms with van der Waals surface area (Å²) in [5, 5.41) is 2.02. The van der Waals surface area contributed by atoms with Crippen LogP contribution in [0.1, 0.15) is 22.0 Å². The summed E-state index contributed by atoms with van der Waals surface area (Å²) < 4.78 is 10.00. The predicted molar refractivity (Wildman–Crippen MR) is 96.9 cm³/mol. The number of nitrogens with one attached hydrogen (secondary N) is 1. The van der Waals surface area contributed by atoms with Gasteiger partial charge in [-0.2, -0.15) is 0 Å². The molecule has 0 saturated heterocycles. The van der Waals surface area contributed by atoms with Gasteiger partial charge >= 0.3 is 11.9 Å². The van der Waals surface area contributed by atoms with Crippen molar-refractivity contribution in [3.63, 3.8) is 0 Å². The van der Waals surface area contributed by atoms with E-state index in [9.17, 15) is 14.4 Å². The topological polar surface area (TPSA) is 98.3 Å². The molecule has 1 atom stereocenters. The summed E-state index contributed by atoms with van der Waals surface area (Å²) in [7, 11) is 1.15. The van der Waals surface area contributed by atoms with Gasteiger partial charge in [-0.05, 0) is 12.1 Å². The highest BCUT2D eigenvalue weighted by Crippen LogP contribution is 2.31. The summed E-state index contributed by atoms with van der Waals surface area (Å²) in [5.74, 6) is -1.70. The lowest BCUT2D eigenvalue weighted by atomic mass is 10.1. The fraction of sp³-hybridized carbons (Fsp3) is 0.125. The third-order valence-corrected chi connectivity index (χ3v) is 4.93. The number of thiophene rings is 1. The predicted octanol–water partition coefficient (Wildman–Crippen LogP) is 3.36.